The van der Waals surface area contributed by atoms with Crippen LogP contribution in [0, 0.1) is 0 Å². The molecule has 0 spiro atoms. The third kappa shape index (κ3) is 8.44. The molecule has 7 heteroatoms. The Hall–Kier alpha value is -2.83. The first-order valence-electron chi connectivity index (χ1n) is 10.8. The van der Waals surface area contributed by atoms with E-state index in [2.05, 4.69) is 11.9 Å². The topological polar surface area (TPSA) is 95.9 Å². The minimum Gasteiger partial charge on any atom is -0.481 e. The van der Waals surface area contributed by atoms with Crippen LogP contribution in [0.2, 0.25) is 0 Å². The number of amides is 2. The fraction of sp³-hybridized carbons (Fsp3) is 0.542. The largest absolute Gasteiger partial charge is 0.481 e. The van der Waals surface area contributed by atoms with Crippen molar-refractivity contribution in [1.82, 2.24) is 10.2 Å². The van der Waals surface area contributed by atoms with Gasteiger partial charge in [0.2, 0.25) is 5.91 Å². The number of ether oxygens (including phenoxy) is 1. The summed E-state index contributed by atoms with van der Waals surface area (Å²) >= 11 is 0. The summed E-state index contributed by atoms with van der Waals surface area (Å²) in [6.45, 7) is 10.7. The van der Waals surface area contributed by atoms with Crippen molar-refractivity contribution in [3.8, 4) is 0 Å². The summed E-state index contributed by atoms with van der Waals surface area (Å²) in [5.41, 5.74) is 1.85. The number of allylic oxidation sites excluding steroid dienone is 1. The molecule has 0 aliphatic carbocycles. The van der Waals surface area contributed by atoms with Crippen LogP contribution in [0.25, 0.3) is 5.57 Å². The molecule has 7 nitrogen and oxygen atoms in total. The van der Waals surface area contributed by atoms with E-state index in [1.165, 1.54) is 0 Å². The highest BCUT2D eigenvalue weighted by molar-refractivity contribution is 5.86. The van der Waals surface area contributed by atoms with Crippen molar-refractivity contribution in [1.29, 1.82) is 0 Å². The lowest BCUT2D eigenvalue weighted by molar-refractivity contribution is -0.137. The quantitative estimate of drug-likeness (QED) is 0.650. The van der Waals surface area contributed by atoms with E-state index < -0.39 is 23.7 Å². The van der Waals surface area contributed by atoms with E-state index in [0.29, 0.717) is 25.9 Å². The Morgan fingerprint density at radius 3 is 2.26 bits per heavy atom. The van der Waals surface area contributed by atoms with Crippen LogP contribution in [-0.4, -0.2) is 52.7 Å². The van der Waals surface area contributed by atoms with Crippen molar-refractivity contribution in [2.45, 2.75) is 70.9 Å². The van der Waals surface area contributed by atoms with Gasteiger partial charge in [0.15, 0.2) is 0 Å². The number of benzene rings is 1. The van der Waals surface area contributed by atoms with Crippen molar-refractivity contribution in [3.05, 3.63) is 42.0 Å². The van der Waals surface area contributed by atoms with Gasteiger partial charge in [-0.25, -0.2) is 4.79 Å². The summed E-state index contributed by atoms with van der Waals surface area (Å²) < 4.78 is 5.36. The minimum absolute atomic E-state index is 0.0345. The number of hydrogen-bond acceptors (Lipinski definition) is 4. The first-order chi connectivity index (χ1) is 14.5. The van der Waals surface area contributed by atoms with Gasteiger partial charge in [0, 0.05) is 25.9 Å². The molecule has 1 fully saturated rings. The van der Waals surface area contributed by atoms with Crippen LogP contribution in [0.15, 0.2) is 30.8 Å². The number of alkyl carbamates (subject to hydrolysis) is 1. The van der Waals surface area contributed by atoms with Crippen molar-refractivity contribution in [3.63, 3.8) is 0 Å². The second-order valence-electron chi connectivity index (χ2n) is 8.98. The highest BCUT2D eigenvalue weighted by Crippen LogP contribution is 2.20. The number of carboxylic acid groups (broad SMARTS) is 1. The number of carbonyl (C=O) groups is 3. The first-order valence-corrected chi connectivity index (χ1v) is 10.8. The Labute approximate surface area is 184 Å². The maximum Gasteiger partial charge on any atom is 0.408 e. The van der Waals surface area contributed by atoms with E-state index in [4.69, 9.17) is 9.84 Å². The molecule has 170 valence electrons. The van der Waals surface area contributed by atoms with Gasteiger partial charge >= 0.3 is 12.1 Å². The first kappa shape index (κ1) is 24.4. The van der Waals surface area contributed by atoms with Crippen LogP contribution in [0.1, 0.15) is 64.0 Å². The number of nitrogens with zero attached hydrogens (tertiary/aromatic N) is 1. The standard InChI is InChI=1S/C24H34N2O5/c1-17(8-13-21(27)28)19-11-9-18(10-12-19)16-20(25-23(30)31-24(2,3)4)22(29)26-14-6-5-7-15-26/h9-12,20H,1,5-8,13-16H2,2-4H3,(H,25,30)(H,27,28)/t20-/m0/s1. The normalized spacial score (nSPS) is 15.1. The zero-order chi connectivity index (χ0) is 23.0. The van der Waals surface area contributed by atoms with E-state index in [1.54, 1.807) is 20.8 Å². The molecule has 1 heterocycles. The monoisotopic (exact) mass is 430 g/mol. The molecular formula is C24H34N2O5. The molecule has 1 aromatic carbocycles. The van der Waals surface area contributed by atoms with Gasteiger partial charge in [-0.05, 0) is 63.2 Å². The number of piperidine rings is 1. The third-order valence-electron chi connectivity index (χ3n) is 5.10. The summed E-state index contributed by atoms with van der Waals surface area (Å²) in [6.07, 6.45) is 3.20. The Morgan fingerprint density at radius 2 is 1.71 bits per heavy atom. The van der Waals surface area contributed by atoms with Gasteiger partial charge in [-0.15, -0.1) is 0 Å². The molecule has 0 bridgehead atoms. The maximum atomic E-state index is 13.1. The molecule has 1 aromatic rings. The summed E-state index contributed by atoms with van der Waals surface area (Å²) in [4.78, 5) is 38.0. The van der Waals surface area contributed by atoms with E-state index in [0.717, 1.165) is 36.0 Å². The fourth-order valence-corrected chi connectivity index (χ4v) is 3.50. The van der Waals surface area contributed by atoms with Crippen LogP contribution >= 0.6 is 0 Å². The maximum absolute atomic E-state index is 13.1. The zero-order valence-electron chi connectivity index (χ0n) is 18.8. The predicted molar refractivity (Wildman–Crippen MR) is 120 cm³/mol. The smallest absolute Gasteiger partial charge is 0.408 e. The van der Waals surface area contributed by atoms with E-state index in [1.807, 2.05) is 29.2 Å². The molecule has 0 saturated carbocycles. The van der Waals surface area contributed by atoms with Gasteiger partial charge in [-0.3, -0.25) is 9.59 Å². The lowest BCUT2D eigenvalue weighted by Gasteiger charge is -2.31. The van der Waals surface area contributed by atoms with Crippen LogP contribution < -0.4 is 5.32 Å². The Kier molecular flexibility index (Phi) is 8.65. The summed E-state index contributed by atoms with van der Waals surface area (Å²) in [7, 11) is 0. The molecule has 2 N–H and O–H groups in total. The predicted octanol–water partition coefficient (Wildman–Crippen LogP) is 4.01. The number of aliphatic carboxylic acids is 1. The van der Waals surface area contributed by atoms with Gasteiger partial charge in [-0.1, -0.05) is 30.8 Å². The Morgan fingerprint density at radius 1 is 1.10 bits per heavy atom. The summed E-state index contributed by atoms with van der Waals surface area (Å²) in [6, 6.07) is 6.79. The molecule has 0 unspecified atom stereocenters. The third-order valence-corrected chi connectivity index (χ3v) is 5.10. The Balaban J connectivity index is 2.10. The van der Waals surface area contributed by atoms with Crippen molar-refractivity contribution in [2.75, 3.05) is 13.1 Å². The molecule has 0 radical (unpaired) electrons. The van der Waals surface area contributed by atoms with Crippen LogP contribution in [0.3, 0.4) is 0 Å². The van der Waals surface area contributed by atoms with Gasteiger partial charge in [-0.2, -0.15) is 0 Å². The van der Waals surface area contributed by atoms with Gasteiger partial charge < -0.3 is 20.1 Å². The summed E-state index contributed by atoms with van der Waals surface area (Å²) in [5.74, 6) is -0.953. The zero-order valence-corrected chi connectivity index (χ0v) is 18.8. The van der Waals surface area contributed by atoms with E-state index in [9.17, 15) is 14.4 Å². The molecule has 1 aliphatic heterocycles. The SMILES string of the molecule is C=C(CCC(=O)O)c1ccc(C[C@H](NC(=O)OC(C)(C)C)C(=O)N2CCCCC2)cc1. The highest BCUT2D eigenvalue weighted by atomic mass is 16.6. The molecule has 2 rings (SSSR count). The van der Waals surface area contributed by atoms with Crippen molar-refractivity contribution < 1.29 is 24.2 Å². The van der Waals surface area contributed by atoms with Crippen LogP contribution in [-0.2, 0) is 20.7 Å². The van der Waals surface area contributed by atoms with E-state index in [-0.39, 0.29) is 12.3 Å². The second kappa shape index (κ2) is 11.0. The molecular weight excluding hydrogens is 396 g/mol. The molecule has 0 aromatic heterocycles. The minimum atomic E-state index is -0.856. The number of nitrogens with one attached hydrogen (secondary N) is 1. The number of carboxylic acids is 1. The number of carbonyl (C=O) groups excluding carboxylic acids is 2. The highest BCUT2D eigenvalue weighted by Gasteiger charge is 2.29. The average Bonchev–Trinajstić information content (AvgIpc) is 2.70. The summed E-state index contributed by atoms with van der Waals surface area (Å²) in [5, 5.41) is 11.6. The molecule has 1 atom stereocenters. The molecule has 2 amide bonds. The molecule has 1 saturated heterocycles. The number of likely N-dealkylation sites (tertiary alicyclic amines) is 1. The molecule has 1 aliphatic rings. The fourth-order valence-electron chi connectivity index (χ4n) is 3.50. The Bertz CT molecular complexity index is 789. The van der Waals surface area contributed by atoms with Gasteiger partial charge in [0.05, 0.1) is 0 Å². The lowest BCUT2D eigenvalue weighted by Crippen LogP contribution is -2.51. The van der Waals surface area contributed by atoms with Gasteiger partial charge in [0.1, 0.15) is 11.6 Å². The van der Waals surface area contributed by atoms with Crippen LogP contribution in [0.5, 0.6) is 0 Å². The molecule has 31 heavy (non-hydrogen) atoms. The average molecular weight is 431 g/mol. The van der Waals surface area contributed by atoms with Gasteiger partial charge in [0.25, 0.3) is 0 Å². The van der Waals surface area contributed by atoms with Crippen molar-refractivity contribution in [2.24, 2.45) is 0 Å². The second-order valence-corrected chi connectivity index (χ2v) is 8.98. The number of rotatable bonds is 8. The van der Waals surface area contributed by atoms with Crippen LogP contribution in [0.4, 0.5) is 4.79 Å². The lowest BCUT2D eigenvalue weighted by atomic mass is 9.98. The van der Waals surface area contributed by atoms with E-state index >= 15 is 0 Å². The number of hydrogen-bond donors (Lipinski definition) is 2. The van der Waals surface area contributed by atoms with Crippen molar-refractivity contribution >= 4 is 23.5 Å².